The molecule has 1 aromatic carbocycles. The van der Waals surface area contributed by atoms with Crippen LogP contribution >= 0.6 is 0 Å². The van der Waals surface area contributed by atoms with Gasteiger partial charge in [0.15, 0.2) is 0 Å². The first kappa shape index (κ1) is 11.1. The fourth-order valence-corrected chi connectivity index (χ4v) is 2.84. The lowest BCUT2D eigenvalue weighted by atomic mass is 9.89. The van der Waals surface area contributed by atoms with Gasteiger partial charge in [0.05, 0.1) is 22.9 Å². The van der Waals surface area contributed by atoms with Crippen molar-refractivity contribution in [1.82, 2.24) is 14.9 Å². The van der Waals surface area contributed by atoms with Gasteiger partial charge in [-0.25, -0.2) is 9.78 Å². The Labute approximate surface area is 104 Å². The Balaban J connectivity index is 2.09. The zero-order valence-electron chi connectivity index (χ0n) is 10.2. The molecular formula is C13H15N3O2. The maximum absolute atomic E-state index is 11.3. The van der Waals surface area contributed by atoms with Gasteiger partial charge in [-0.3, -0.25) is 4.90 Å². The zero-order valence-corrected chi connectivity index (χ0v) is 10.2. The Kier molecular flexibility index (Phi) is 2.29. The maximum Gasteiger partial charge on any atom is 0.408 e. The number of hydrogen-bond acceptors (Lipinski definition) is 2. The number of aromatic nitrogens is 2. The van der Waals surface area contributed by atoms with E-state index in [1.807, 2.05) is 25.1 Å². The van der Waals surface area contributed by atoms with E-state index >= 15 is 0 Å². The van der Waals surface area contributed by atoms with Crippen LogP contribution in [0.25, 0.3) is 11.0 Å². The van der Waals surface area contributed by atoms with E-state index in [0.717, 1.165) is 29.4 Å². The van der Waals surface area contributed by atoms with Gasteiger partial charge in [-0.1, -0.05) is 6.07 Å². The average molecular weight is 245 g/mol. The molecule has 1 unspecified atom stereocenters. The van der Waals surface area contributed by atoms with Crippen LogP contribution in [0, 0.1) is 0 Å². The molecule has 5 heteroatoms. The van der Waals surface area contributed by atoms with Crippen LogP contribution in [-0.2, 0) is 5.54 Å². The van der Waals surface area contributed by atoms with Crippen LogP contribution in [0.15, 0.2) is 24.5 Å². The molecular weight excluding hydrogens is 230 g/mol. The molecule has 2 heterocycles. The Bertz CT molecular complexity index is 607. The lowest BCUT2D eigenvalue weighted by molar-refractivity contribution is 0.109. The molecule has 1 aliphatic heterocycles. The van der Waals surface area contributed by atoms with Crippen LogP contribution < -0.4 is 0 Å². The first-order valence-electron chi connectivity index (χ1n) is 6.05. The van der Waals surface area contributed by atoms with Gasteiger partial charge in [0, 0.05) is 6.54 Å². The van der Waals surface area contributed by atoms with Crippen molar-refractivity contribution in [3.8, 4) is 0 Å². The number of nitrogens with zero attached hydrogens (tertiary/aromatic N) is 2. The van der Waals surface area contributed by atoms with E-state index in [2.05, 4.69) is 9.97 Å². The van der Waals surface area contributed by atoms with E-state index < -0.39 is 11.6 Å². The minimum Gasteiger partial charge on any atom is -0.465 e. The molecule has 1 aliphatic rings. The minimum absolute atomic E-state index is 0.425. The van der Waals surface area contributed by atoms with Crippen molar-refractivity contribution in [3.05, 3.63) is 30.1 Å². The highest BCUT2D eigenvalue weighted by Crippen LogP contribution is 2.39. The molecule has 18 heavy (non-hydrogen) atoms. The molecule has 0 aliphatic carbocycles. The number of carbonyl (C=O) groups is 1. The number of fused-ring (bicyclic) bond motifs is 1. The van der Waals surface area contributed by atoms with Crippen molar-refractivity contribution in [2.75, 3.05) is 6.54 Å². The summed E-state index contributed by atoms with van der Waals surface area (Å²) in [6.45, 7) is 2.60. The fourth-order valence-electron chi connectivity index (χ4n) is 2.84. The van der Waals surface area contributed by atoms with Gasteiger partial charge in [0.1, 0.15) is 0 Å². The van der Waals surface area contributed by atoms with Crippen molar-refractivity contribution in [2.45, 2.75) is 25.3 Å². The van der Waals surface area contributed by atoms with Crippen LogP contribution in [0.3, 0.4) is 0 Å². The van der Waals surface area contributed by atoms with Crippen LogP contribution in [0.1, 0.15) is 25.3 Å². The van der Waals surface area contributed by atoms with Crippen molar-refractivity contribution >= 4 is 17.1 Å². The molecule has 0 saturated carbocycles. The second-order valence-electron chi connectivity index (χ2n) is 4.95. The van der Waals surface area contributed by atoms with Gasteiger partial charge < -0.3 is 10.1 Å². The van der Waals surface area contributed by atoms with Gasteiger partial charge >= 0.3 is 6.09 Å². The molecule has 1 aromatic heterocycles. The summed E-state index contributed by atoms with van der Waals surface area (Å²) < 4.78 is 0. The number of amides is 1. The topological polar surface area (TPSA) is 69.2 Å². The molecule has 94 valence electrons. The van der Waals surface area contributed by atoms with Gasteiger partial charge in [0.2, 0.25) is 0 Å². The predicted molar refractivity (Wildman–Crippen MR) is 67.4 cm³/mol. The second kappa shape index (κ2) is 3.73. The van der Waals surface area contributed by atoms with Gasteiger partial charge in [-0.2, -0.15) is 0 Å². The van der Waals surface area contributed by atoms with E-state index in [9.17, 15) is 9.90 Å². The van der Waals surface area contributed by atoms with Crippen molar-refractivity contribution in [3.63, 3.8) is 0 Å². The second-order valence-corrected chi connectivity index (χ2v) is 4.95. The summed E-state index contributed by atoms with van der Waals surface area (Å²) in [6.07, 6.45) is 2.57. The molecule has 1 amide bonds. The quantitative estimate of drug-likeness (QED) is 0.811. The van der Waals surface area contributed by atoms with Gasteiger partial charge in [0.25, 0.3) is 0 Å². The van der Waals surface area contributed by atoms with Crippen molar-refractivity contribution in [2.24, 2.45) is 0 Å². The molecule has 3 rings (SSSR count). The number of aromatic amines is 1. The molecule has 1 atom stereocenters. The predicted octanol–water partition coefficient (Wildman–Crippen LogP) is 2.55. The number of rotatable bonds is 1. The zero-order chi connectivity index (χ0) is 12.8. The first-order chi connectivity index (χ1) is 8.61. The number of likely N-dealkylation sites (tertiary alicyclic amines) is 1. The summed E-state index contributed by atoms with van der Waals surface area (Å²) in [7, 11) is 0. The van der Waals surface area contributed by atoms with Crippen molar-refractivity contribution in [1.29, 1.82) is 0 Å². The lowest BCUT2D eigenvalue weighted by Crippen LogP contribution is -2.42. The fraction of sp³-hybridized carbons (Fsp3) is 0.385. The summed E-state index contributed by atoms with van der Waals surface area (Å²) >= 11 is 0. The van der Waals surface area contributed by atoms with Gasteiger partial charge in [-0.15, -0.1) is 0 Å². The highest BCUT2D eigenvalue weighted by atomic mass is 16.4. The number of H-pyrrole nitrogens is 1. The smallest absolute Gasteiger partial charge is 0.408 e. The van der Waals surface area contributed by atoms with Crippen LogP contribution in [0.4, 0.5) is 4.79 Å². The third-order valence-electron chi connectivity index (χ3n) is 3.91. The summed E-state index contributed by atoms with van der Waals surface area (Å²) in [6, 6.07) is 5.92. The number of nitrogens with one attached hydrogen (secondary N) is 1. The standard InChI is InChI=1S/C13H15N3O2/c1-13(5-2-6-16(13)12(17)18)9-3-4-10-11(7-9)15-8-14-10/h3-4,7-8H,2,5-6H2,1H3,(H,14,15)(H,17,18). The number of carboxylic acid groups (broad SMARTS) is 1. The van der Waals surface area contributed by atoms with E-state index in [0.29, 0.717) is 6.54 Å². The number of imidazole rings is 1. The highest BCUT2D eigenvalue weighted by Gasteiger charge is 2.41. The first-order valence-corrected chi connectivity index (χ1v) is 6.05. The minimum atomic E-state index is -0.847. The molecule has 1 saturated heterocycles. The summed E-state index contributed by atoms with van der Waals surface area (Å²) in [5, 5.41) is 9.29. The number of hydrogen-bond donors (Lipinski definition) is 2. The average Bonchev–Trinajstić information content (AvgIpc) is 2.94. The van der Waals surface area contributed by atoms with Crippen molar-refractivity contribution < 1.29 is 9.90 Å². The Morgan fingerprint density at radius 2 is 2.39 bits per heavy atom. The van der Waals surface area contributed by atoms with Gasteiger partial charge in [-0.05, 0) is 37.5 Å². The number of benzene rings is 1. The summed E-state index contributed by atoms with van der Waals surface area (Å²) in [5.74, 6) is 0. The Hall–Kier alpha value is -2.04. The third kappa shape index (κ3) is 1.47. The molecule has 5 nitrogen and oxygen atoms in total. The van der Waals surface area contributed by atoms with Crippen LogP contribution in [-0.4, -0.2) is 32.6 Å². The van der Waals surface area contributed by atoms with E-state index in [4.69, 9.17) is 0 Å². The van der Waals surface area contributed by atoms with Crippen LogP contribution in [0.2, 0.25) is 0 Å². The van der Waals surface area contributed by atoms with E-state index in [1.165, 1.54) is 4.90 Å². The van der Waals surface area contributed by atoms with E-state index in [-0.39, 0.29) is 0 Å². The third-order valence-corrected chi connectivity index (χ3v) is 3.91. The van der Waals surface area contributed by atoms with E-state index in [1.54, 1.807) is 6.33 Å². The Morgan fingerprint density at radius 1 is 1.56 bits per heavy atom. The molecule has 2 aromatic rings. The largest absolute Gasteiger partial charge is 0.465 e. The molecule has 1 fully saturated rings. The molecule has 2 N–H and O–H groups in total. The van der Waals surface area contributed by atoms with Crippen LogP contribution in [0.5, 0.6) is 0 Å². The monoisotopic (exact) mass is 245 g/mol. The normalized spacial score (nSPS) is 23.7. The molecule has 0 radical (unpaired) electrons. The summed E-state index contributed by atoms with van der Waals surface area (Å²) in [4.78, 5) is 20.1. The maximum atomic E-state index is 11.3. The SMILES string of the molecule is CC1(c2ccc3nc[nH]c3c2)CCCN1C(=O)O. The molecule has 0 spiro atoms. The lowest BCUT2D eigenvalue weighted by Gasteiger charge is -2.33. The summed E-state index contributed by atoms with van der Waals surface area (Å²) in [5.41, 5.74) is 2.46. The highest BCUT2D eigenvalue weighted by molar-refractivity contribution is 5.76. The Morgan fingerprint density at radius 3 is 3.17 bits per heavy atom. The molecule has 0 bridgehead atoms.